The number of carbonyl (C=O) groups excluding carboxylic acids is 1. The van der Waals surface area contributed by atoms with Gasteiger partial charge in [0.15, 0.2) is 5.96 Å². The maximum atomic E-state index is 12.2. The van der Waals surface area contributed by atoms with Crippen molar-refractivity contribution in [2.75, 3.05) is 20.1 Å². The predicted octanol–water partition coefficient (Wildman–Crippen LogP) is 3.12. The van der Waals surface area contributed by atoms with Crippen molar-refractivity contribution in [2.24, 2.45) is 10.9 Å². The summed E-state index contributed by atoms with van der Waals surface area (Å²) in [5.41, 5.74) is 0.625. The van der Waals surface area contributed by atoms with Gasteiger partial charge in [-0.05, 0) is 41.0 Å². The average molecular weight is 480 g/mol. The molecule has 25 heavy (non-hydrogen) atoms. The first-order valence-corrected chi connectivity index (χ1v) is 9.12. The molecule has 6 nitrogen and oxygen atoms in total. The average Bonchev–Trinajstić information content (AvgIpc) is 3.05. The van der Waals surface area contributed by atoms with Crippen molar-refractivity contribution in [1.29, 1.82) is 0 Å². The van der Waals surface area contributed by atoms with Crippen LogP contribution >= 0.6 is 35.3 Å². The summed E-state index contributed by atoms with van der Waals surface area (Å²) in [7, 11) is 1.77. The summed E-state index contributed by atoms with van der Waals surface area (Å²) in [4.78, 5) is 24.4. The monoisotopic (exact) mass is 480 g/mol. The predicted molar refractivity (Wildman–Crippen MR) is 113 cm³/mol. The number of guanidine groups is 1. The second-order valence-corrected chi connectivity index (χ2v) is 8.40. The van der Waals surface area contributed by atoms with Gasteiger partial charge in [-0.2, -0.15) is 0 Å². The van der Waals surface area contributed by atoms with Crippen LogP contribution in [0.5, 0.6) is 0 Å². The highest BCUT2D eigenvalue weighted by Crippen LogP contribution is 2.21. The topological polar surface area (TPSA) is 66.8 Å². The van der Waals surface area contributed by atoms with E-state index in [0.717, 1.165) is 29.6 Å². The van der Waals surface area contributed by atoms with Gasteiger partial charge in [0.2, 0.25) is 0 Å². The number of aromatic nitrogens is 1. The van der Waals surface area contributed by atoms with E-state index in [0.29, 0.717) is 13.1 Å². The lowest BCUT2D eigenvalue weighted by Gasteiger charge is -2.23. The molecule has 1 aliphatic rings. The molecule has 1 aliphatic heterocycles. The number of esters is 1. The molecule has 0 saturated carbocycles. The molecule has 1 N–H and O–H groups in total. The van der Waals surface area contributed by atoms with E-state index in [9.17, 15) is 4.79 Å². The summed E-state index contributed by atoms with van der Waals surface area (Å²) < 4.78 is 5.50. The van der Waals surface area contributed by atoms with Gasteiger partial charge in [-0.25, -0.2) is 4.98 Å². The molecule has 1 unspecified atom stereocenters. The van der Waals surface area contributed by atoms with Gasteiger partial charge in [0.25, 0.3) is 0 Å². The molecule has 1 atom stereocenters. The molecule has 1 saturated heterocycles. The number of hydrogen-bond donors (Lipinski definition) is 1. The summed E-state index contributed by atoms with van der Waals surface area (Å²) in [6.07, 6.45) is 0.800. The highest BCUT2D eigenvalue weighted by molar-refractivity contribution is 14.0. The minimum Gasteiger partial charge on any atom is -0.460 e. The molecule has 0 aliphatic carbocycles. The zero-order chi connectivity index (χ0) is 17.9. The van der Waals surface area contributed by atoms with Crippen LogP contribution in [0.4, 0.5) is 0 Å². The van der Waals surface area contributed by atoms with Gasteiger partial charge in [-0.1, -0.05) is 0 Å². The van der Waals surface area contributed by atoms with E-state index in [1.54, 1.807) is 18.4 Å². The van der Waals surface area contributed by atoms with Gasteiger partial charge < -0.3 is 15.0 Å². The molecule has 0 radical (unpaired) electrons. The van der Waals surface area contributed by atoms with Crippen LogP contribution in [0.15, 0.2) is 4.99 Å². The standard InChI is InChI=1S/C17H28N4O2S.HI/c1-11-14(24-12(2)20-11)9-19-16(18-6)21-8-7-13(10-21)15(22)23-17(3,4)5;/h13H,7-10H2,1-6H3,(H,18,19);1H. The normalized spacial score (nSPS) is 18.1. The summed E-state index contributed by atoms with van der Waals surface area (Å²) in [6.45, 7) is 11.9. The van der Waals surface area contributed by atoms with Crippen molar-refractivity contribution in [3.8, 4) is 0 Å². The number of ether oxygens (including phenoxy) is 1. The molecule has 8 heteroatoms. The number of thiazole rings is 1. The summed E-state index contributed by atoms with van der Waals surface area (Å²) >= 11 is 1.70. The van der Waals surface area contributed by atoms with Crippen molar-refractivity contribution in [1.82, 2.24) is 15.2 Å². The highest BCUT2D eigenvalue weighted by Gasteiger charge is 2.33. The molecule has 1 aromatic rings. The first kappa shape index (κ1) is 22.1. The van der Waals surface area contributed by atoms with Crippen LogP contribution in [-0.4, -0.2) is 47.6 Å². The Labute approximate surface area is 171 Å². The molecule has 142 valence electrons. The van der Waals surface area contributed by atoms with E-state index in [1.807, 2.05) is 34.6 Å². The van der Waals surface area contributed by atoms with Crippen molar-refractivity contribution in [3.63, 3.8) is 0 Å². The maximum absolute atomic E-state index is 12.2. The molecular weight excluding hydrogens is 451 g/mol. The number of aliphatic imine (C=N–C) groups is 1. The lowest BCUT2D eigenvalue weighted by molar-refractivity contribution is -0.159. The van der Waals surface area contributed by atoms with Crippen molar-refractivity contribution in [2.45, 2.75) is 53.2 Å². The number of hydrogen-bond acceptors (Lipinski definition) is 5. The third-order valence-electron chi connectivity index (χ3n) is 3.85. The van der Waals surface area contributed by atoms with Gasteiger partial charge in [-0.15, -0.1) is 35.3 Å². The lowest BCUT2D eigenvalue weighted by Crippen LogP contribution is -2.40. The van der Waals surface area contributed by atoms with E-state index < -0.39 is 5.60 Å². The Balaban J connectivity index is 0.00000312. The van der Waals surface area contributed by atoms with Crippen LogP contribution in [0, 0.1) is 19.8 Å². The van der Waals surface area contributed by atoms with Gasteiger partial charge in [0.1, 0.15) is 5.60 Å². The Hall–Kier alpha value is -0.900. The van der Waals surface area contributed by atoms with E-state index in [1.165, 1.54) is 4.88 Å². The molecule has 2 rings (SSSR count). The van der Waals surface area contributed by atoms with E-state index in [4.69, 9.17) is 4.74 Å². The summed E-state index contributed by atoms with van der Waals surface area (Å²) in [5.74, 6) is 0.621. The first-order valence-electron chi connectivity index (χ1n) is 8.31. The minimum atomic E-state index is -0.439. The molecule has 1 fully saturated rings. The molecule has 0 bridgehead atoms. The van der Waals surface area contributed by atoms with E-state index in [-0.39, 0.29) is 35.9 Å². The quantitative estimate of drug-likeness (QED) is 0.312. The van der Waals surface area contributed by atoms with Crippen molar-refractivity contribution >= 4 is 47.2 Å². The minimum absolute atomic E-state index is 0. The number of likely N-dealkylation sites (tertiary alicyclic amines) is 1. The van der Waals surface area contributed by atoms with Crippen molar-refractivity contribution < 1.29 is 9.53 Å². The van der Waals surface area contributed by atoms with Crippen LogP contribution < -0.4 is 5.32 Å². The zero-order valence-corrected chi connectivity index (χ0v) is 19.0. The molecule has 0 aromatic carbocycles. The maximum Gasteiger partial charge on any atom is 0.311 e. The number of aryl methyl sites for hydroxylation is 2. The van der Waals surface area contributed by atoms with Crippen LogP contribution in [0.1, 0.15) is 42.8 Å². The van der Waals surface area contributed by atoms with Crippen molar-refractivity contribution in [3.05, 3.63) is 15.6 Å². The summed E-state index contributed by atoms with van der Waals surface area (Å²) in [5, 5.41) is 4.46. The third-order valence-corrected chi connectivity index (χ3v) is 4.92. The number of nitrogens with one attached hydrogen (secondary N) is 1. The Bertz CT molecular complexity index is 625. The molecule has 0 amide bonds. The second kappa shape index (κ2) is 9.16. The fourth-order valence-corrected chi connectivity index (χ4v) is 3.64. The largest absolute Gasteiger partial charge is 0.460 e. The molecule has 0 spiro atoms. The van der Waals surface area contributed by atoms with Crippen LogP contribution in [0.2, 0.25) is 0 Å². The number of nitrogens with zero attached hydrogens (tertiary/aromatic N) is 3. The van der Waals surface area contributed by atoms with Gasteiger partial charge in [-0.3, -0.25) is 9.79 Å². The first-order chi connectivity index (χ1) is 11.2. The number of carbonyl (C=O) groups is 1. The second-order valence-electron chi connectivity index (χ2n) is 7.11. The van der Waals surface area contributed by atoms with E-state index >= 15 is 0 Å². The van der Waals surface area contributed by atoms with Crippen LogP contribution in [-0.2, 0) is 16.1 Å². The van der Waals surface area contributed by atoms with Gasteiger partial charge >= 0.3 is 5.97 Å². The zero-order valence-electron chi connectivity index (χ0n) is 15.9. The van der Waals surface area contributed by atoms with Gasteiger partial charge in [0, 0.05) is 25.0 Å². The third kappa shape index (κ3) is 6.40. The van der Waals surface area contributed by atoms with Crippen LogP contribution in [0.25, 0.3) is 0 Å². The highest BCUT2D eigenvalue weighted by atomic mass is 127. The molecule has 2 heterocycles. The fraction of sp³-hybridized carbons (Fsp3) is 0.706. The lowest BCUT2D eigenvalue weighted by atomic mass is 10.1. The van der Waals surface area contributed by atoms with Crippen LogP contribution in [0.3, 0.4) is 0 Å². The SMILES string of the molecule is CN=C(NCc1sc(C)nc1C)N1CCC(C(=O)OC(C)(C)C)C1.I. The molecular formula is C17H29IN4O2S. The Morgan fingerprint density at radius 2 is 2.12 bits per heavy atom. The Morgan fingerprint density at radius 3 is 2.64 bits per heavy atom. The Kier molecular flexibility index (Phi) is 8.11. The summed E-state index contributed by atoms with van der Waals surface area (Å²) in [6, 6.07) is 0. The smallest absolute Gasteiger partial charge is 0.311 e. The van der Waals surface area contributed by atoms with Gasteiger partial charge in [0.05, 0.1) is 23.2 Å². The fourth-order valence-electron chi connectivity index (χ4n) is 2.76. The molecule has 1 aromatic heterocycles. The Morgan fingerprint density at radius 1 is 1.44 bits per heavy atom. The van der Waals surface area contributed by atoms with E-state index in [2.05, 4.69) is 20.2 Å². The number of rotatable bonds is 3. The number of halogens is 1.